The average molecular weight is 330 g/mol. The smallest absolute Gasteiger partial charge is 0.189 e. The van der Waals surface area contributed by atoms with Crippen LogP contribution in [0.2, 0.25) is 0 Å². The molecule has 23 heavy (non-hydrogen) atoms. The molecule has 4 nitrogen and oxygen atoms in total. The molecule has 0 aliphatic carbocycles. The molecular weight excluding hydrogens is 312 g/mol. The molecule has 1 atom stereocenters. The SMILES string of the molecule is C=CCC(C(=O)c1ccc(OC)cc1)S(=O)(=O)c1ccccc1. The molecule has 0 radical (unpaired) electrons. The highest BCUT2D eigenvalue weighted by Crippen LogP contribution is 2.23. The Bertz CT molecular complexity index is 778. The van der Waals surface area contributed by atoms with Crippen molar-refractivity contribution in [2.45, 2.75) is 16.6 Å². The lowest BCUT2D eigenvalue weighted by molar-refractivity contribution is 0.0987. The fourth-order valence-electron chi connectivity index (χ4n) is 2.24. The van der Waals surface area contributed by atoms with E-state index in [0.29, 0.717) is 11.3 Å². The zero-order valence-electron chi connectivity index (χ0n) is 12.8. The van der Waals surface area contributed by atoms with Crippen LogP contribution in [-0.4, -0.2) is 26.6 Å². The molecule has 2 aromatic carbocycles. The second-order valence-electron chi connectivity index (χ2n) is 4.96. The van der Waals surface area contributed by atoms with Crippen LogP contribution < -0.4 is 4.74 Å². The lowest BCUT2D eigenvalue weighted by Crippen LogP contribution is -2.30. The Labute approximate surface area is 136 Å². The van der Waals surface area contributed by atoms with Gasteiger partial charge in [-0.25, -0.2) is 8.42 Å². The van der Waals surface area contributed by atoms with Crippen molar-refractivity contribution in [3.05, 3.63) is 72.8 Å². The van der Waals surface area contributed by atoms with E-state index in [1.54, 1.807) is 42.5 Å². The number of hydrogen-bond acceptors (Lipinski definition) is 4. The number of benzene rings is 2. The third-order valence-electron chi connectivity index (χ3n) is 3.49. The minimum Gasteiger partial charge on any atom is -0.497 e. The molecule has 2 rings (SSSR count). The summed E-state index contributed by atoms with van der Waals surface area (Å²) in [5.41, 5.74) is 0.331. The van der Waals surface area contributed by atoms with Crippen molar-refractivity contribution in [1.82, 2.24) is 0 Å². The van der Waals surface area contributed by atoms with Gasteiger partial charge in [0.15, 0.2) is 15.6 Å². The summed E-state index contributed by atoms with van der Waals surface area (Å²) in [6, 6.07) is 14.4. The first-order valence-corrected chi connectivity index (χ1v) is 8.63. The minimum absolute atomic E-state index is 0.0576. The predicted molar refractivity (Wildman–Crippen MR) is 89.6 cm³/mol. The van der Waals surface area contributed by atoms with E-state index < -0.39 is 20.9 Å². The van der Waals surface area contributed by atoms with Crippen molar-refractivity contribution >= 4 is 15.6 Å². The fourth-order valence-corrected chi connectivity index (χ4v) is 3.91. The van der Waals surface area contributed by atoms with Crippen molar-refractivity contribution in [3.8, 4) is 5.75 Å². The quantitative estimate of drug-likeness (QED) is 0.577. The largest absolute Gasteiger partial charge is 0.497 e. The van der Waals surface area contributed by atoms with Gasteiger partial charge in [0.25, 0.3) is 0 Å². The van der Waals surface area contributed by atoms with Crippen LogP contribution >= 0.6 is 0 Å². The molecule has 0 aliphatic heterocycles. The summed E-state index contributed by atoms with van der Waals surface area (Å²) in [5.74, 6) is 0.157. The summed E-state index contributed by atoms with van der Waals surface area (Å²) in [6.07, 6.45) is 1.51. The van der Waals surface area contributed by atoms with E-state index in [1.807, 2.05) is 0 Å². The Kier molecular flexibility index (Phi) is 5.34. The van der Waals surface area contributed by atoms with Gasteiger partial charge in [-0.3, -0.25) is 4.79 Å². The Morgan fingerprint density at radius 2 is 1.74 bits per heavy atom. The van der Waals surface area contributed by atoms with Crippen molar-refractivity contribution in [1.29, 1.82) is 0 Å². The van der Waals surface area contributed by atoms with E-state index in [4.69, 9.17) is 4.74 Å². The minimum atomic E-state index is -3.78. The third kappa shape index (κ3) is 3.68. The zero-order valence-corrected chi connectivity index (χ0v) is 13.6. The number of carbonyl (C=O) groups is 1. The van der Waals surface area contributed by atoms with E-state index in [9.17, 15) is 13.2 Å². The molecule has 120 valence electrons. The highest BCUT2D eigenvalue weighted by atomic mass is 32.2. The lowest BCUT2D eigenvalue weighted by atomic mass is 10.1. The number of ketones is 1. The molecule has 5 heteroatoms. The number of allylic oxidation sites excluding steroid dienone is 1. The number of ether oxygens (including phenoxy) is 1. The van der Waals surface area contributed by atoms with Crippen LogP contribution in [0.5, 0.6) is 5.75 Å². The van der Waals surface area contributed by atoms with Crippen molar-refractivity contribution in [3.63, 3.8) is 0 Å². The van der Waals surface area contributed by atoms with Crippen LogP contribution in [0.4, 0.5) is 0 Å². The number of hydrogen-bond donors (Lipinski definition) is 0. The summed E-state index contributed by atoms with van der Waals surface area (Å²) < 4.78 is 30.6. The van der Waals surface area contributed by atoms with Crippen molar-refractivity contribution in [2.24, 2.45) is 0 Å². The highest BCUT2D eigenvalue weighted by molar-refractivity contribution is 7.92. The average Bonchev–Trinajstić information content (AvgIpc) is 2.60. The summed E-state index contributed by atoms with van der Waals surface area (Å²) in [6.45, 7) is 3.57. The Morgan fingerprint density at radius 3 is 2.26 bits per heavy atom. The van der Waals surface area contributed by atoms with E-state index in [-0.39, 0.29) is 11.3 Å². The van der Waals surface area contributed by atoms with Gasteiger partial charge in [-0.2, -0.15) is 0 Å². The monoisotopic (exact) mass is 330 g/mol. The maximum absolute atomic E-state index is 12.8. The van der Waals surface area contributed by atoms with Gasteiger partial charge in [0, 0.05) is 5.56 Å². The molecule has 2 aromatic rings. The van der Waals surface area contributed by atoms with Crippen LogP contribution in [0.15, 0.2) is 72.1 Å². The van der Waals surface area contributed by atoms with Crippen LogP contribution in [0.25, 0.3) is 0 Å². The molecule has 0 fully saturated rings. The summed E-state index contributed by atoms with van der Waals surface area (Å²) in [7, 11) is -2.25. The molecular formula is C18H18O4S. The molecule has 0 heterocycles. The Hall–Kier alpha value is -2.40. The molecule has 0 bridgehead atoms. The molecule has 0 amide bonds. The number of rotatable bonds is 7. The Morgan fingerprint density at radius 1 is 1.13 bits per heavy atom. The van der Waals surface area contributed by atoms with Gasteiger partial charge in [0.1, 0.15) is 11.0 Å². The second-order valence-corrected chi connectivity index (χ2v) is 7.09. The summed E-state index contributed by atoms with van der Waals surface area (Å²) in [5, 5.41) is -1.18. The second kappa shape index (κ2) is 7.24. The normalized spacial score (nSPS) is 12.4. The van der Waals surface area contributed by atoms with Crippen LogP contribution in [0.3, 0.4) is 0 Å². The van der Waals surface area contributed by atoms with Crippen LogP contribution in [0, 0.1) is 0 Å². The van der Waals surface area contributed by atoms with Gasteiger partial charge < -0.3 is 4.74 Å². The van der Waals surface area contributed by atoms with Crippen molar-refractivity contribution in [2.75, 3.05) is 7.11 Å². The third-order valence-corrected chi connectivity index (χ3v) is 5.58. The van der Waals surface area contributed by atoms with Gasteiger partial charge >= 0.3 is 0 Å². The molecule has 0 saturated heterocycles. The van der Waals surface area contributed by atoms with Crippen molar-refractivity contribution < 1.29 is 17.9 Å². The van der Waals surface area contributed by atoms with Gasteiger partial charge in [-0.05, 0) is 42.8 Å². The maximum Gasteiger partial charge on any atom is 0.189 e. The highest BCUT2D eigenvalue weighted by Gasteiger charge is 2.33. The first kappa shape index (κ1) is 17.0. The van der Waals surface area contributed by atoms with E-state index in [2.05, 4.69) is 6.58 Å². The molecule has 0 saturated carbocycles. The summed E-state index contributed by atoms with van der Waals surface area (Å²) >= 11 is 0. The molecule has 1 unspecified atom stereocenters. The fraction of sp³-hybridized carbons (Fsp3) is 0.167. The number of sulfone groups is 1. The first-order chi connectivity index (χ1) is 11.0. The number of carbonyl (C=O) groups excluding carboxylic acids is 1. The molecule has 0 N–H and O–H groups in total. The van der Waals surface area contributed by atoms with E-state index in [0.717, 1.165) is 0 Å². The number of Topliss-reactive ketones (excluding diaryl/α,β-unsaturated/α-hetero) is 1. The molecule has 0 spiro atoms. The lowest BCUT2D eigenvalue weighted by Gasteiger charge is -2.15. The first-order valence-electron chi connectivity index (χ1n) is 7.09. The van der Waals surface area contributed by atoms with Gasteiger partial charge in [-0.15, -0.1) is 6.58 Å². The maximum atomic E-state index is 12.8. The molecule has 0 aromatic heterocycles. The zero-order chi connectivity index (χ0) is 16.9. The van der Waals surface area contributed by atoms with Crippen LogP contribution in [-0.2, 0) is 9.84 Å². The van der Waals surface area contributed by atoms with E-state index >= 15 is 0 Å². The summed E-state index contributed by atoms with van der Waals surface area (Å²) in [4.78, 5) is 12.8. The standard InChI is InChI=1S/C18H18O4S/c1-3-7-17(23(20,21)16-8-5-4-6-9-16)18(19)14-10-12-15(22-2)13-11-14/h3-6,8-13,17H,1,7H2,2H3. The molecule has 0 aliphatic rings. The number of methoxy groups -OCH3 is 1. The van der Waals surface area contributed by atoms with Crippen LogP contribution in [0.1, 0.15) is 16.8 Å². The van der Waals surface area contributed by atoms with E-state index in [1.165, 1.54) is 25.3 Å². The Balaban J connectivity index is 2.40. The predicted octanol–water partition coefficient (Wildman–Crippen LogP) is 3.30. The van der Waals surface area contributed by atoms with Gasteiger partial charge in [0.2, 0.25) is 0 Å². The topological polar surface area (TPSA) is 60.4 Å². The van der Waals surface area contributed by atoms with Gasteiger partial charge in [-0.1, -0.05) is 24.3 Å². The van der Waals surface area contributed by atoms with Gasteiger partial charge in [0.05, 0.1) is 12.0 Å².